The molecular weight excluding hydrogens is 374 g/mol. The van der Waals surface area contributed by atoms with E-state index in [9.17, 15) is 9.59 Å². The first-order chi connectivity index (χ1) is 14.2. The van der Waals surface area contributed by atoms with Gasteiger partial charge < -0.3 is 10.2 Å². The van der Waals surface area contributed by atoms with Crippen LogP contribution < -0.4 is 5.32 Å². The summed E-state index contributed by atoms with van der Waals surface area (Å²) in [4.78, 5) is 29.7. The zero-order valence-electron chi connectivity index (χ0n) is 19.2. The number of rotatable bonds is 5. The molecule has 2 aliphatic heterocycles. The Morgan fingerprint density at radius 1 is 0.967 bits per heavy atom. The van der Waals surface area contributed by atoms with Crippen molar-refractivity contribution in [2.24, 2.45) is 17.3 Å². The molecule has 2 aliphatic rings. The molecule has 0 aliphatic carbocycles. The lowest BCUT2D eigenvalue weighted by molar-refractivity contribution is -0.142. The van der Waals surface area contributed by atoms with Crippen molar-refractivity contribution in [2.45, 2.75) is 66.5 Å². The number of likely N-dealkylation sites (tertiary alicyclic amines) is 2. The molecular formula is C25H39N3O2. The van der Waals surface area contributed by atoms with Crippen molar-refractivity contribution < 1.29 is 9.59 Å². The third kappa shape index (κ3) is 6.07. The SMILES string of the molecule is CC1CCN(Cc2ccccc2CNC(=O)C2CCN(C(=O)C(C)(C)C)CC2)CC1. The second-order valence-corrected chi connectivity index (χ2v) is 10.3. The van der Waals surface area contributed by atoms with Crippen molar-refractivity contribution in [1.29, 1.82) is 0 Å². The minimum absolute atomic E-state index is 0.00441. The second-order valence-electron chi connectivity index (χ2n) is 10.3. The summed E-state index contributed by atoms with van der Waals surface area (Å²) in [6.45, 7) is 13.4. The summed E-state index contributed by atoms with van der Waals surface area (Å²) in [6, 6.07) is 8.47. The highest BCUT2D eigenvalue weighted by atomic mass is 16.2. The molecule has 0 bridgehead atoms. The summed E-state index contributed by atoms with van der Waals surface area (Å²) in [7, 11) is 0. The van der Waals surface area contributed by atoms with Gasteiger partial charge in [0.15, 0.2) is 0 Å². The molecule has 2 fully saturated rings. The van der Waals surface area contributed by atoms with Crippen LogP contribution in [0.3, 0.4) is 0 Å². The van der Waals surface area contributed by atoms with Crippen LogP contribution >= 0.6 is 0 Å². The predicted molar refractivity (Wildman–Crippen MR) is 121 cm³/mol. The molecule has 1 N–H and O–H groups in total. The quantitative estimate of drug-likeness (QED) is 0.798. The number of amides is 2. The summed E-state index contributed by atoms with van der Waals surface area (Å²) in [6.07, 6.45) is 4.05. The van der Waals surface area contributed by atoms with E-state index in [1.54, 1.807) is 0 Å². The Kier molecular flexibility index (Phi) is 7.56. The van der Waals surface area contributed by atoms with Gasteiger partial charge in [0.1, 0.15) is 0 Å². The van der Waals surface area contributed by atoms with Gasteiger partial charge in [-0.3, -0.25) is 14.5 Å². The fraction of sp³-hybridized carbons (Fsp3) is 0.680. The van der Waals surface area contributed by atoms with Crippen molar-refractivity contribution in [3.8, 4) is 0 Å². The number of piperidine rings is 2. The summed E-state index contributed by atoms with van der Waals surface area (Å²) in [5.74, 6) is 1.15. The smallest absolute Gasteiger partial charge is 0.227 e. The molecule has 166 valence electrons. The monoisotopic (exact) mass is 413 g/mol. The maximum absolute atomic E-state index is 12.8. The molecule has 0 radical (unpaired) electrons. The lowest BCUT2D eigenvalue weighted by atomic mass is 9.90. The lowest BCUT2D eigenvalue weighted by Gasteiger charge is -2.35. The van der Waals surface area contributed by atoms with Crippen LogP contribution in [0, 0.1) is 17.3 Å². The molecule has 0 spiro atoms. The Hall–Kier alpha value is -1.88. The first-order valence-electron chi connectivity index (χ1n) is 11.6. The van der Waals surface area contributed by atoms with E-state index in [-0.39, 0.29) is 23.1 Å². The van der Waals surface area contributed by atoms with E-state index in [4.69, 9.17) is 0 Å². The van der Waals surface area contributed by atoms with E-state index < -0.39 is 0 Å². The predicted octanol–water partition coefficient (Wildman–Crippen LogP) is 3.82. The largest absolute Gasteiger partial charge is 0.352 e. The highest BCUT2D eigenvalue weighted by Crippen LogP contribution is 2.24. The number of nitrogens with zero attached hydrogens (tertiary/aromatic N) is 2. The molecule has 5 heteroatoms. The molecule has 0 aromatic heterocycles. The average molecular weight is 414 g/mol. The number of hydrogen-bond donors (Lipinski definition) is 1. The van der Waals surface area contributed by atoms with Gasteiger partial charge in [-0.15, -0.1) is 0 Å². The molecule has 5 nitrogen and oxygen atoms in total. The second kappa shape index (κ2) is 9.95. The van der Waals surface area contributed by atoms with E-state index in [2.05, 4.69) is 41.4 Å². The Morgan fingerprint density at radius 3 is 2.17 bits per heavy atom. The molecule has 2 heterocycles. The minimum Gasteiger partial charge on any atom is -0.352 e. The van der Waals surface area contributed by atoms with Crippen LogP contribution in [-0.2, 0) is 22.7 Å². The van der Waals surface area contributed by atoms with Crippen LogP contribution in [0.25, 0.3) is 0 Å². The zero-order chi connectivity index (χ0) is 21.7. The zero-order valence-corrected chi connectivity index (χ0v) is 19.2. The van der Waals surface area contributed by atoms with Crippen LogP contribution in [0.15, 0.2) is 24.3 Å². The van der Waals surface area contributed by atoms with Gasteiger partial charge in [-0.2, -0.15) is 0 Å². The Balaban J connectivity index is 1.49. The third-order valence-electron chi connectivity index (χ3n) is 6.64. The normalized spacial score (nSPS) is 19.7. The van der Waals surface area contributed by atoms with Gasteiger partial charge in [-0.25, -0.2) is 0 Å². The molecule has 1 aromatic carbocycles. The van der Waals surface area contributed by atoms with Crippen LogP contribution in [-0.4, -0.2) is 47.8 Å². The third-order valence-corrected chi connectivity index (χ3v) is 6.64. The Morgan fingerprint density at radius 2 is 1.57 bits per heavy atom. The molecule has 3 rings (SSSR count). The lowest BCUT2D eigenvalue weighted by Crippen LogP contribution is -2.46. The maximum atomic E-state index is 12.8. The number of nitrogens with one attached hydrogen (secondary N) is 1. The fourth-order valence-corrected chi connectivity index (χ4v) is 4.49. The molecule has 2 saturated heterocycles. The van der Waals surface area contributed by atoms with Crippen LogP contribution in [0.1, 0.15) is 64.5 Å². The highest BCUT2D eigenvalue weighted by molar-refractivity contribution is 5.82. The Labute approximate surface area is 182 Å². The van der Waals surface area contributed by atoms with E-state index in [1.807, 2.05) is 25.7 Å². The molecule has 2 amide bonds. The molecule has 0 unspecified atom stereocenters. The average Bonchev–Trinajstić information content (AvgIpc) is 2.73. The van der Waals surface area contributed by atoms with Crippen molar-refractivity contribution in [1.82, 2.24) is 15.1 Å². The van der Waals surface area contributed by atoms with Crippen molar-refractivity contribution in [3.05, 3.63) is 35.4 Å². The van der Waals surface area contributed by atoms with Crippen LogP contribution in [0.2, 0.25) is 0 Å². The highest BCUT2D eigenvalue weighted by Gasteiger charge is 2.32. The van der Waals surface area contributed by atoms with Gasteiger partial charge in [-0.1, -0.05) is 52.0 Å². The molecule has 1 aromatic rings. The van der Waals surface area contributed by atoms with Gasteiger partial charge in [0.05, 0.1) is 0 Å². The van der Waals surface area contributed by atoms with Gasteiger partial charge in [0.25, 0.3) is 0 Å². The van der Waals surface area contributed by atoms with E-state index in [0.717, 1.165) is 38.4 Å². The fourth-order valence-electron chi connectivity index (χ4n) is 4.49. The van der Waals surface area contributed by atoms with Gasteiger partial charge >= 0.3 is 0 Å². The van der Waals surface area contributed by atoms with Gasteiger partial charge in [-0.05, 0) is 55.8 Å². The number of hydrogen-bond acceptors (Lipinski definition) is 3. The molecule has 0 atom stereocenters. The van der Waals surface area contributed by atoms with Crippen molar-refractivity contribution in [2.75, 3.05) is 26.2 Å². The van der Waals surface area contributed by atoms with Crippen LogP contribution in [0.4, 0.5) is 0 Å². The van der Waals surface area contributed by atoms with E-state index in [1.165, 1.54) is 24.0 Å². The van der Waals surface area contributed by atoms with Crippen molar-refractivity contribution >= 4 is 11.8 Å². The van der Waals surface area contributed by atoms with Gasteiger partial charge in [0.2, 0.25) is 11.8 Å². The van der Waals surface area contributed by atoms with Crippen LogP contribution in [0.5, 0.6) is 0 Å². The summed E-state index contributed by atoms with van der Waals surface area (Å²) in [5.41, 5.74) is 2.17. The molecule has 0 saturated carbocycles. The summed E-state index contributed by atoms with van der Waals surface area (Å²) >= 11 is 0. The number of benzene rings is 1. The topological polar surface area (TPSA) is 52.7 Å². The number of carbonyl (C=O) groups is 2. The first kappa shape index (κ1) is 22.8. The number of carbonyl (C=O) groups excluding carboxylic acids is 2. The standard InChI is InChI=1S/C25H39N3O2/c1-19-9-13-27(14-10-19)18-22-8-6-5-7-21(22)17-26-23(29)20-11-15-28(16-12-20)24(30)25(2,3)4/h5-8,19-20H,9-18H2,1-4H3,(H,26,29). The Bertz CT molecular complexity index is 724. The van der Waals surface area contributed by atoms with E-state index in [0.29, 0.717) is 19.6 Å². The van der Waals surface area contributed by atoms with E-state index >= 15 is 0 Å². The maximum Gasteiger partial charge on any atom is 0.227 e. The summed E-state index contributed by atoms with van der Waals surface area (Å²) < 4.78 is 0. The summed E-state index contributed by atoms with van der Waals surface area (Å²) in [5, 5.41) is 3.17. The minimum atomic E-state index is -0.356. The van der Waals surface area contributed by atoms with Crippen molar-refractivity contribution in [3.63, 3.8) is 0 Å². The molecule has 30 heavy (non-hydrogen) atoms. The van der Waals surface area contributed by atoms with Gasteiger partial charge in [0, 0.05) is 37.5 Å². The first-order valence-corrected chi connectivity index (χ1v) is 11.6.